The maximum atomic E-state index is 11.3. The number of hydrogen-bond acceptors (Lipinski definition) is 4. The Balaban J connectivity index is 2.35. The van der Waals surface area contributed by atoms with Gasteiger partial charge in [0.2, 0.25) is 0 Å². The van der Waals surface area contributed by atoms with E-state index >= 15 is 0 Å². The minimum Gasteiger partial charge on any atom is -0.464 e. The number of carbonyl (C=O) groups excluding carboxylic acids is 1. The van der Waals surface area contributed by atoms with Crippen molar-refractivity contribution < 1.29 is 14.3 Å². The molecule has 0 N–H and O–H groups in total. The maximum Gasteiger partial charge on any atom is 0.334 e. The lowest BCUT2D eigenvalue weighted by molar-refractivity contribution is -0.146. The van der Waals surface area contributed by atoms with E-state index in [-0.39, 0.29) is 10.9 Å². The highest BCUT2D eigenvalue weighted by Crippen LogP contribution is 2.11. The molecule has 1 unspecified atom stereocenters. The highest BCUT2D eigenvalue weighted by Gasteiger charge is 2.25. The molecule has 0 aromatic heterocycles. The number of morpholine rings is 1. The van der Waals surface area contributed by atoms with Crippen LogP contribution in [0.25, 0.3) is 0 Å². The monoisotopic (exact) mass is 251 g/mol. The number of ether oxygens (including phenoxy) is 2. The molecule has 0 spiro atoms. The first-order valence-corrected chi connectivity index (χ1v) is 5.29. The predicted molar refractivity (Wildman–Crippen MR) is 51.7 cm³/mol. The summed E-state index contributed by atoms with van der Waals surface area (Å²) in [6.45, 7) is 5.13. The summed E-state index contributed by atoms with van der Waals surface area (Å²) in [6.07, 6.45) is 0. The Morgan fingerprint density at radius 3 is 2.77 bits per heavy atom. The average Bonchev–Trinajstić information content (AvgIpc) is 2.18. The Morgan fingerprint density at radius 2 is 2.23 bits per heavy atom. The fraction of sp³-hybridized carbons (Fsp3) is 0.875. The molecule has 1 aliphatic rings. The highest BCUT2D eigenvalue weighted by molar-refractivity contribution is 9.09. The first-order valence-electron chi connectivity index (χ1n) is 4.38. The fourth-order valence-corrected chi connectivity index (χ4v) is 1.71. The second-order valence-corrected chi connectivity index (χ2v) is 3.60. The number of alkyl halides is 1. The van der Waals surface area contributed by atoms with Gasteiger partial charge in [0.05, 0.1) is 19.8 Å². The SMILES string of the molecule is CCOC(=O)C(Br)N1CCOCC1. The van der Waals surface area contributed by atoms with E-state index in [9.17, 15) is 4.79 Å². The molecular weight excluding hydrogens is 238 g/mol. The predicted octanol–water partition coefficient (Wildman–Crippen LogP) is 0.603. The van der Waals surface area contributed by atoms with Crippen LogP contribution in [0.3, 0.4) is 0 Å². The van der Waals surface area contributed by atoms with Crippen LogP contribution in [0.4, 0.5) is 0 Å². The Bertz CT molecular complexity index is 171. The third kappa shape index (κ3) is 3.25. The molecule has 0 amide bonds. The van der Waals surface area contributed by atoms with Crippen LogP contribution < -0.4 is 0 Å². The fourth-order valence-electron chi connectivity index (χ4n) is 1.16. The van der Waals surface area contributed by atoms with Gasteiger partial charge in [0.1, 0.15) is 0 Å². The van der Waals surface area contributed by atoms with Gasteiger partial charge in [-0.05, 0) is 6.92 Å². The Hall–Kier alpha value is -0.130. The van der Waals surface area contributed by atoms with Gasteiger partial charge in [-0.2, -0.15) is 0 Å². The van der Waals surface area contributed by atoms with E-state index in [1.54, 1.807) is 6.92 Å². The van der Waals surface area contributed by atoms with E-state index < -0.39 is 0 Å². The van der Waals surface area contributed by atoms with Crippen molar-refractivity contribution in [3.8, 4) is 0 Å². The first-order chi connectivity index (χ1) is 6.25. The maximum absolute atomic E-state index is 11.3. The minimum absolute atomic E-state index is 0.218. The number of nitrogens with zero attached hydrogens (tertiary/aromatic N) is 1. The van der Waals surface area contributed by atoms with E-state index in [0.29, 0.717) is 19.8 Å². The van der Waals surface area contributed by atoms with Crippen molar-refractivity contribution >= 4 is 21.9 Å². The van der Waals surface area contributed by atoms with E-state index in [1.165, 1.54) is 0 Å². The number of halogens is 1. The van der Waals surface area contributed by atoms with Crippen LogP contribution in [0.1, 0.15) is 6.92 Å². The summed E-state index contributed by atoms with van der Waals surface area (Å²) < 4.78 is 10.1. The van der Waals surface area contributed by atoms with E-state index in [1.807, 2.05) is 4.90 Å². The number of hydrogen-bond donors (Lipinski definition) is 0. The molecule has 1 atom stereocenters. The van der Waals surface area contributed by atoms with Gasteiger partial charge >= 0.3 is 5.97 Å². The third-order valence-electron chi connectivity index (χ3n) is 1.85. The van der Waals surface area contributed by atoms with Gasteiger partial charge in [-0.25, -0.2) is 4.79 Å². The molecule has 1 fully saturated rings. The normalized spacial score (nSPS) is 21.1. The van der Waals surface area contributed by atoms with Gasteiger partial charge < -0.3 is 9.47 Å². The van der Waals surface area contributed by atoms with Crippen LogP contribution in [0.5, 0.6) is 0 Å². The van der Waals surface area contributed by atoms with Crippen LogP contribution in [-0.4, -0.2) is 48.7 Å². The summed E-state index contributed by atoms with van der Waals surface area (Å²) in [5.74, 6) is -0.218. The molecule has 1 rings (SSSR count). The van der Waals surface area contributed by atoms with Gasteiger partial charge in [0, 0.05) is 13.1 Å². The van der Waals surface area contributed by atoms with Crippen molar-refractivity contribution in [2.75, 3.05) is 32.9 Å². The van der Waals surface area contributed by atoms with Gasteiger partial charge in [0.25, 0.3) is 0 Å². The van der Waals surface area contributed by atoms with E-state index in [2.05, 4.69) is 15.9 Å². The summed E-state index contributed by atoms with van der Waals surface area (Å²) in [4.78, 5) is 13.0. The zero-order valence-corrected chi connectivity index (χ0v) is 9.25. The lowest BCUT2D eigenvalue weighted by Gasteiger charge is -2.29. The molecular formula is C8H14BrNO3. The molecule has 5 heteroatoms. The molecule has 1 heterocycles. The molecule has 0 saturated carbocycles. The molecule has 76 valence electrons. The summed E-state index contributed by atoms with van der Waals surface area (Å²) >= 11 is 3.30. The quantitative estimate of drug-likeness (QED) is 0.419. The standard InChI is InChI=1S/C8H14BrNO3/c1-2-13-8(11)7(9)10-3-5-12-6-4-10/h7H,2-6H2,1H3. The van der Waals surface area contributed by atoms with Crippen LogP contribution in [-0.2, 0) is 14.3 Å². The summed E-state index contributed by atoms with van der Waals surface area (Å²) in [5, 5.41) is 0. The smallest absolute Gasteiger partial charge is 0.334 e. The molecule has 0 aromatic rings. The van der Waals surface area contributed by atoms with Crippen LogP contribution in [0, 0.1) is 0 Å². The van der Waals surface area contributed by atoms with Gasteiger partial charge in [0.15, 0.2) is 4.95 Å². The largest absolute Gasteiger partial charge is 0.464 e. The van der Waals surface area contributed by atoms with Crippen molar-refractivity contribution in [1.82, 2.24) is 4.90 Å². The minimum atomic E-state index is -0.323. The number of esters is 1. The number of rotatable bonds is 3. The highest BCUT2D eigenvalue weighted by atomic mass is 79.9. The van der Waals surface area contributed by atoms with Crippen molar-refractivity contribution in [2.45, 2.75) is 11.9 Å². The molecule has 13 heavy (non-hydrogen) atoms. The molecule has 0 aromatic carbocycles. The summed E-state index contributed by atoms with van der Waals surface area (Å²) in [6, 6.07) is 0. The molecule has 0 radical (unpaired) electrons. The lowest BCUT2D eigenvalue weighted by Crippen LogP contribution is -2.44. The molecule has 1 saturated heterocycles. The van der Waals surface area contributed by atoms with Crippen LogP contribution in [0.2, 0.25) is 0 Å². The van der Waals surface area contributed by atoms with Gasteiger partial charge in [-0.15, -0.1) is 0 Å². The van der Waals surface area contributed by atoms with E-state index in [4.69, 9.17) is 9.47 Å². The van der Waals surface area contributed by atoms with E-state index in [0.717, 1.165) is 13.1 Å². The second-order valence-electron chi connectivity index (χ2n) is 2.74. The van der Waals surface area contributed by atoms with Crippen molar-refractivity contribution in [3.05, 3.63) is 0 Å². The third-order valence-corrected chi connectivity index (χ3v) is 2.80. The average molecular weight is 252 g/mol. The molecule has 4 nitrogen and oxygen atoms in total. The summed E-state index contributed by atoms with van der Waals surface area (Å²) in [7, 11) is 0. The Labute approximate surface area is 86.3 Å². The molecule has 0 bridgehead atoms. The molecule has 1 aliphatic heterocycles. The molecule has 0 aliphatic carbocycles. The van der Waals surface area contributed by atoms with Crippen molar-refractivity contribution in [1.29, 1.82) is 0 Å². The second kappa shape index (κ2) is 5.57. The Kier molecular flexibility index (Phi) is 4.69. The first kappa shape index (κ1) is 10.9. The van der Waals surface area contributed by atoms with Gasteiger partial charge in [-0.1, -0.05) is 15.9 Å². The number of carbonyl (C=O) groups is 1. The van der Waals surface area contributed by atoms with Crippen molar-refractivity contribution in [2.24, 2.45) is 0 Å². The van der Waals surface area contributed by atoms with Gasteiger partial charge in [-0.3, -0.25) is 4.90 Å². The Morgan fingerprint density at radius 1 is 1.62 bits per heavy atom. The zero-order chi connectivity index (χ0) is 9.68. The zero-order valence-electron chi connectivity index (χ0n) is 7.66. The lowest BCUT2D eigenvalue weighted by atomic mass is 10.4. The summed E-state index contributed by atoms with van der Waals surface area (Å²) in [5.41, 5.74) is 0. The van der Waals surface area contributed by atoms with Crippen molar-refractivity contribution in [3.63, 3.8) is 0 Å². The topological polar surface area (TPSA) is 38.8 Å². The van der Waals surface area contributed by atoms with Crippen LogP contribution >= 0.6 is 15.9 Å². The van der Waals surface area contributed by atoms with Crippen LogP contribution in [0.15, 0.2) is 0 Å².